The third-order valence-corrected chi connectivity index (χ3v) is 1.83. The van der Waals surface area contributed by atoms with Crippen molar-refractivity contribution in [2.75, 3.05) is 18.5 Å². The lowest BCUT2D eigenvalue weighted by atomic mass is 10.4. The van der Waals surface area contributed by atoms with Gasteiger partial charge in [0.05, 0.1) is 13.0 Å². The zero-order chi connectivity index (χ0) is 12.5. The van der Waals surface area contributed by atoms with Crippen LogP contribution in [0.3, 0.4) is 0 Å². The van der Waals surface area contributed by atoms with E-state index in [1.165, 1.54) is 0 Å². The lowest BCUT2D eigenvalue weighted by molar-refractivity contribution is -0.142. The van der Waals surface area contributed by atoms with Crippen molar-refractivity contribution in [3.05, 3.63) is 24.4 Å². The maximum Gasteiger partial charge on any atom is 0.320 e. The van der Waals surface area contributed by atoms with Crippen LogP contribution in [0.25, 0.3) is 0 Å². The second-order valence-corrected chi connectivity index (χ2v) is 3.15. The molecule has 1 aromatic rings. The van der Waals surface area contributed by atoms with Crippen LogP contribution in [0.15, 0.2) is 24.4 Å². The number of nitrogens with zero attached hydrogens (tertiary/aromatic N) is 1. The van der Waals surface area contributed by atoms with E-state index < -0.39 is 6.03 Å². The third-order valence-electron chi connectivity index (χ3n) is 1.83. The van der Waals surface area contributed by atoms with Crippen molar-refractivity contribution in [1.82, 2.24) is 10.3 Å². The lowest BCUT2D eigenvalue weighted by Gasteiger charge is -2.06. The Labute approximate surface area is 99.4 Å². The number of urea groups is 1. The highest BCUT2D eigenvalue weighted by atomic mass is 16.5. The monoisotopic (exact) mass is 237 g/mol. The van der Waals surface area contributed by atoms with Gasteiger partial charge in [0.15, 0.2) is 0 Å². The van der Waals surface area contributed by atoms with E-state index in [9.17, 15) is 9.59 Å². The fraction of sp³-hybridized carbons (Fsp3) is 0.364. The van der Waals surface area contributed by atoms with Gasteiger partial charge in [-0.25, -0.2) is 9.78 Å². The zero-order valence-electron chi connectivity index (χ0n) is 9.60. The van der Waals surface area contributed by atoms with Crippen LogP contribution in [-0.2, 0) is 9.53 Å². The molecule has 0 aliphatic carbocycles. The highest BCUT2D eigenvalue weighted by Gasteiger charge is 2.04. The second-order valence-electron chi connectivity index (χ2n) is 3.15. The maximum absolute atomic E-state index is 11.3. The Morgan fingerprint density at radius 3 is 2.88 bits per heavy atom. The highest BCUT2D eigenvalue weighted by Crippen LogP contribution is 1.98. The van der Waals surface area contributed by atoms with E-state index >= 15 is 0 Å². The summed E-state index contributed by atoms with van der Waals surface area (Å²) in [6.07, 6.45) is 1.73. The molecule has 0 bridgehead atoms. The molecule has 6 nitrogen and oxygen atoms in total. The van der Waals surface area contributed by atoms with Crippen molar-refractivity contribution in [1.29, 1.82) is 0 Å². The minimum atomic E-state index is -0.395. The number of nitrogens with one attached hydrogen (secondary N) is 2. The Morgan fingerprint density at radius 2 is 2.24 bits per heavy atom. The second kappa shape index (κ2) is 7.21. The SMILES string of the molecule is CCOC(=O)CCNC(=O)Nc1ccccn1. The molecule has 92 valence electrons. The van der Waals surface area contributed by atoms with Gasteiger partial charge in [0.25, 0.3) is 0 Å². The molecule has 0 atom stereocenters. The summed E-state index contributed by atoms with van der Waals surface area (Å²) in [6.45, 7) is 2.32. The number of hydrogen-bond acceptors (Lipinski definition) is 4. The molecular formula is C11H15N3O3. The maximum atomic E-state index is 11.3. The molecule has 6 heteroatoms. The summed E-state index contributed by atoms with van der Waals surface area (Å²) in [5.74, 6) is 0.131. The smallest absolute Gasteiger partial charge is 0.320 e. The number of anilines is 1. The van der Waals surface area contributed by atoms with E-state index in [4.69, 9.17) is 4.74 Å². The molecule has 0 fully saturated rings. The minimum Gasteiger partial charge on any atom is -0.466 e. The Balaban J connectivity index is 2.20. The first-order chi connectivity index (χ1) is 8.22. The first-order valence-corrected chi connectivity index (χ1v) is 5.34. The zero-order valence-corrected chi connectivity index (χ0v) is 9.60. The molecule has 1 aromatic heterocycles. The van der Waals surface area contributed by atoms with Crippen molar-refractivity contribution >= 4 is 17.8 Å². The molecule has 0 radical (unpaired) electrons. The van der Waals surface area contributed by atoms with Gasteiger partial charge in [-0.3, -0.25) is 10.1 Å². The van der Waals surface area contributed by atoms with E-state index in [-0.39, 0.29) is 18.9 Å². The van der Waals surface area contributed by atoms with E-state index in [2.05, 4.69) is 15.6 Å². The van der Waals surface area contributed by atoms with Crippen LogP contribution < -0.4 is 10.6 Å². The predicted molar refractivity (Wildman–Crippen MR) is 62.5 cm³/mol. The number of aromatic nitrogens is 1. The number of hydrogen-bond donors (Lipinski definition) is 2. The summed E-state index contributed by atoms with van der Waals surface area (Å²) in [4.78, 5) is 26.2. The molecule has 0 saturated carbocycles. The Hall–Kier alpha value is -2.11. The quantitative estimate of drug-likeness (QED) is 0.753. The summed E-state index contributed by atoms with van der Waals surface area (Å²) in [5, 5.41) is 5.06. The number of ether oxygens (including phenoxy) is 1. The van der Waals surface area contributed by atoms with E-state index in [0.29, 0.717) is 12.4 Å². The standard InChI is InChI=1S/C11H15N3O3/c1-2-17-10(15)6-8-13-11(16)14-9-5-3-4-7-12-9/h3-5,7H,2,6,8H2,1H3,(H2,12,13,14,16). The van der Waals surface area contributed by atoms with Crippen LogP contribution in [0.2, 0.25) is 0 Å². The van der Waals surface area contributed by atoms with Gasteiger partial charge < -0.3 is 10.1 Å². The fourth-order valence-corrected chi connectivity index (χ4v) is 1.11. The first-order valence-electron chi connectivity index (χ1n) is 5.34. The van der Waals surface area contributed by atoms with Crippen molar-refractivity contribution in [3.63, 3.8) is 0 Å². The van der Waals surface area contributed by atoms with Gasteiger partial charge in [-0.2, -0.15) is 0 Å². The van der Waals surface area contributed by atoms with Crippen molar-refractivity contribution in [3.8, 4) is 0 Å². The van der Waals surface area contributed by atoms with Gasteiger partial charge in [0.2, 0.25) is 0 Å². The molecule has 0 spiro atoms. The molecule has 0 unspecified atom stereocenters. The molecule has 0 aliphatic heterocycles. The molecule has 2 N–H and O–H groups in total. The predicted octanol–water partition coefficient (Wildman–Crippen LogP) is 1.16. The average molecular weight is 237 g/mol. The van der Waals surface area contributed by atoms with Gasteiger partial charge >= 0.3 is 12.0 Å². The molecule has 2 amide bonds. The molecular weight excluding hydrogens is 222 g/mol. The van der Waals surface area contributed by atoms with Gasteiger partial charge in [0, 0.05) is 12.7 Å². The van der Waals surface area contributed by atoms with Gasteiger partial charge in [-0.15, -0.1) is 0 Å². The van der Waals surface area contributed by atoms with Crippen LogP contribution in [0, 0.1) is 0 Å². The number of amides is 2. The average Bonchev–Trinajstić information content (AvgIpc) is 2.30. The molecule has 0 aromatic carbocycles. The van der Waals surface area contributed by atoms with Crippen molar-refractivity contribution in [2.45, 2.75) is 13.3 Å². The van der Waals surface area contributed by atoms with Crippen molar-refractivity contribution < 1.29 is 14.3 Å². The summed E-state index contributed by atoms with van der Waals surface area (Å²) < 4.78 is 4.72. The third kappa shape index (κ3) is 5.50. The topological polar surface area (TPSA) is 80.3 Å². The number of rotatable bonds is 5. The van der Waals surface area contributed by atoms with Crippen LogP contribution in [0.5, 0.6) is 0 Å². The van der Waals surface area contributed by atoms with Gasteiger partial charge in [0.1, 0.15) is 5.82 Å². The molecule has 1 rings (SSSR count). The Morgan fingerprint density at radius 1 is 1.41 bits per heavy atom. The van der Waals surface area contributed by atoms with Crippen LogP contribution >= 0.6 is 0 Å². The van der Waals surface area contributed by atoms with E-state index in [0.717, 1.165) is 0 Å². The molecule has 0 aliphatic rings. The fourth-order valence-electron chi connectivity index (χ4n) is 1.11. The van der Waals surface area contributed by atoms with Crippen LogP contribution in [0.4, 0.5) is 10.6 Å². The minimum absolute atomic E-state index is 0.156. The number of esters is 1. The normalized spacial score (nSPS) is 9.47. The van der Waals surface area contributed by atoms with Gasteiger partial charge in [-0.1, -0.05) is 6.07 Å². The summed E-state index contributed by atoms with van der Waals surface area (Å²) in [7, 11) is 0. The van der Waals surface area contributed by atoms with E-state index in [1.54, 1.807) is 31.3 Å². The van der Waals surface area contributed by atoms with Crippen LogP contribution in [-0.4, -0.2) is 30.1 Å². The van der Waals surface area contributed by atoms with Gasteiger partial charge in [-0.05, 0) is 19.1 Å². The number of carbonyl (C=O) groups excluding carboxylic acids is 2. The van der Waals surface area contributed by atoms with Crippen LogP contribution in [0.1, 0.15) is 13.3 Å². The molecule has 17 heavy (non-hydrogen) atoms. The number of carbonyl (C=O) groups is 2. The first kappa shape index (κ1) is 13.0. The summed E-state index contributed by atoms with van der Waals surface area (Å²) in [6, 6.07) is 4.80. The molecule has 1 heterocycles. The number of pyridine rings is 1. The largest absolute Gasteiger partial charge is 0.466 e. The highest BCUT2D eigenvalue weighted by molar-refractivity contribution is 5.88. The summed E-state index contributed by atoms with van der Waals surface area (Å²) in [5.41, 5.74) is 0. The Bertz CT molecular complexity index is 367. The molecule has 0 saturated heterocycles. The Kier molecular flexibility index (Phi) is 5.50. The van der Waals surface area contributed by atoms with E-state index in [1.807, 2.05) is 0 Å². The summed E-state index contributed by atoms with van der Waals surface area (Å²) >= 11 is 0. The lowest BCUT2D eigenvalue weighted by Crippen LogP contribution is -2.31. The van der Waals surface area contributed by atoms with Crippen molar-refractivity contribution in [2.24, 2.45) is 0 Å².